The molecule has 168 valence electrons. The normalized spacial score (nSPS) is 11.4. The lowest BCUT2D eigenvalue weighted by molar-refractivity contribution is -0.116. The van der Waals surface area contributed by atoms with Crippen molar-refractivity contribution in [1.29, 1.82) is 0 Å². The zero-order valence-electron chi connectivity index (χ0n) is 17.6. The van der Waals surface area contributed by atoms with Gasteiger partial charge in [0.15, 0.2) is 0 Å². The molecule has 0 spiro atoms. The van der Waals surface area contributed by atoms with E-state index in [-0.39, 0.29) is 22.2 Å². The Morgan fingerprint density at radius 3 is 2.47 bits per heavy atom. The highest BCUT2D eigenvalue weighted by molar-refractivity contribution is 7.99. The van der Waals surface area contributed by atoms with E-state index in [0.717, 1.165) is 14.1 Å². The molecule has 0 aliphatic rings. The van der Waals surface area contributed by atoms with Gasteiger partial charge in [0.2, 0.25) is 15.9 Å². The lowest BCUT2D eigenvalue weighted by Gasteiger charge is -2.19. The zero-order chi connectivity index (χ0) is 23.1. The quantitative estimate of drug-likeness (QED) is 0.449. The first-order valence-corrected chi connectivity index (χ1v) is 12.4. The van der Waals surface area contributed by atoms with Crippen LogP contribution in [0.2, 0.25) is 5.02 Å². The van der Waals surface area contributed by atoms with E-state index in [4.69, 9.17) is 16.3 Å². The molecule has 0 radical (unpaired) electrons. The number of hydrogen-bond donors (Lipinski definition) is 1. The molecular weight excluding hydrogens is 468 g/mol. The van der Waals surface area contributed by atoms with Gasteiger partial charge in [-0.2, -0.15) is 4.31 Å². The van der Waals surface area contributed by atoms with Crippen LogP contribution in [-0.4, -0.2) is 38.8 Å². The summed E-state index contributed by atoms with van der Waals surface area (Å²) >= 11 is 7.51. The fraction of sp³-hybridized carbons (Fsp3) is 0.174. The van der Waals surface area contributed by atoms with Gasteiger partial charge in [-0.05, 0) is 49.4 Å². The van der Waals surface area contributed by atoms with Crippen molar-refractivity contribution in [2.24, 2.45) is 0 Å². The van der Waals surface area contributed by atoms with Gasteiger partial charge in [0.05, 0.1) is 18.8 Å². The number of likely N-dealkylation sites (N-methyl/N-ethyl adjacent to an activating group) is 1. The van der Waals surface area contributed by atoms with Crippen LogP contribution >= 0.6 is 23.4 Å². The average molecular weight is 491 g/mol. The molecule has 6 nitrogen and oxygen atoms in total. The van der Waals surface area contributed by atoms with E-state index in [1.807, 2.05) is 48.5 Å². The smallest absolute Gasteiger partial charge is 0.247 e. The van der Waals surface area contributed by atoms with Crippen LogP contribution in [-0.2, 0) is 14.8 Å². The predicted octanol–water partition coefficient (Wildman–Crippen LogP) is 5.15. The molecule has 1 amide bonds. The largest absolute Gasteiger partial charge is 0.492 e. The van der Waals surface area contributed by atoms with Crippen molar-refractivity contribution in [3.05, 3.63) is 77.8 Å². The summed E-state index contributed by atoms with van der Waals surface area (Å²) in [6, 6.07) is 21.5. The van der Waals surface area contributed by atoms with E-state index in [0.29, 0.717) is 12.3 Å². The first-order chi connectivity index (χ1) is 15.3. The van der Waals surface area contributed by atoms with Crippen molar-refractivity contribution in [2.75, 3.05) is 25.5 Å². The van der Waals surface area contributed by atoms with E-state index >= 15 is 0 Å². The Labute approximate surface area is 197 Å². The lowest BCUT2D eigenvalue weighted by Crippen LogP contribution is -2.35. The molecule has 0 unspecified atom stereocenters. The minimum atomic E-state index is -4.00. The second kappa shape index (κ2) is 10.9. The van der Waals surface area contributed by atoms with E-state index in [1.165, 1.54) is 30.9 Å². The van der Waals surface area contributed by atoms with E-state index in [9.17, 15) is 13.2 Å². The Morgan fingerprint density at radius 2 is 1.75 bits per heavy atom. The number of sulfonamides is 1. The van der Waals surface area contributed by atoms with Crippen molar-refractivity contribution in [3.63, 3.8) is 0 Å². The van der Waals surface area contributed by atoms with Crippen molar-refractivity contribution in [1.82, 2.24) is 4.31 Å². The highest BCUT2D eigenvalue weighted by atomic mass is 35.5. The maximum atomic E-state index is 13.1. The van der Waals surface area contributed by atoms with E-state index in [1.54, 1.807) is 19.1 Å². The lowest BCUT2D eigenvalue weighted by atomic mass is 10.3. The van der Waals surface area contributed by atoms with Crippen LogP contribution in [0.3, 0.4) is 0 Å². The minimum absolute atomic E-state index is 0.0813. The molecule has 3 aromatic rings. The molecule has 0 fully saturated rings. The molecule has 0 heterocycles. The number of hydrogen-bond acceptors (Lipinski definition) is 5. The highest BCUT2D eigenvalue weighted by Crippen LogP contribution is 2.33. The molecule has 0 bridgehead atoms. The van der Waals surface area contributed by atoms with Crippen molar-refractivity contribution >= 4 is 45.0 Å². The summed E-state index contributed by atoms with van der Waals surface area (Å²) < 4.78 is 32.6. The monoisotopic (exact) mass is 490 g/mol. The minimum Gasteiger partial charge on any atom is -0.492 e. The molecule has 0 aliphatic carbocycles. The van der Waals surface area contributed by atoms with Crippen LogP contribution in [0.25, 0.3) is 0 Å². The summed E-state index contributed by atoms with van der Waals surface area (Å²) in [5, 5.41) is 3.07. The molecule has 0 saturated heterocycles. The molecule has 3 rings (SSSR count). The summed E-state index contributed by atoms with van der Waals surface area (Å²) in [4.78, 5) is 14.5. The van der Waals surface area contributed by atoms with Gasteiger partial charge in [-0.1, -0.05) is 53.7 Å². The Bertz CT molecular complexity index is 1190. The van der Waals surface area contributed by atoms with Crippen LogP contribution in [0.15, 0.2) is 87.5 Å². The third-order valence-electron chi connectivity index (χ3n) is 4.39. The van der Waals surface area contributed by atoms with Gasteiger partial charge in [-0.15, -0.1) is 0 Å². The molecule has 0 aromatic heterocycles. The van der Waals surface area contributed by atoms with Crippen LogP contribution in [0, 0.1) is 0 Å². The number of nitrogens with zero attached hydrogens (tertiary/aromatic N) is 1. The second-order valence-corrected chi connectivity index (χ2v) is 10.3. The Morgan fingerprint density at radius 1 is 1.06 bits per heavy atom. The third-order valence-corrected chi connectivity index (χ3v) is 7.54. The van der Waals surface area contributed by atoms with Crippen molar-refractivity contribution < 1.29 is 17.9 Å². The molecule has 9 heteroatoms. The van der Waals surface area contributed by atoms with Gasteiger partial charge >= 0.3 is 0 Å². The maximum absolute atomic E-state index is 13.1. The number of rotatable bonds is 9. The van der Waals surface area contributed by atoms with Crippen LogP contribution in [0.5, 0.6) is 5.75 Å². The number of ether oxygens (including phenoxy) is 1. The first kappa shape index (κ1) is 24.1. The van der Waals surface area contributed by atoms with E-state index in [2.05, 4.69) is 5.32 Å². The Balaban J connectivity index is 1.75. The maximum Gasteiger partial charge on any atom is 0.247 e. The molecule has 0 aliphatic heterocycles. The van der Waals surface area contributed by atoms with E-state index < -0.39 is 15.9 Å². The number of benzene rings is 3. The van der Waals surface area contributed by atoms with Gasteiger partial charge in [0, 0.05) is 21.9 Å². The number of carbonyl (C=O) groups is 1. The molecule has 3 aromatic carbocycles. The summed E-state index contributed by atoms with van der Waals surface area (Å²) in [7, 11) is -2.66. The first-order valence-electron chi connectivity index (χ1n) is 9.81. The molecule has 0 saturated carbocycles. The molecule has 0 atom stereocenters. The second-order valence-electron chi connectivity index (χ2n) is 6.74. The fourth-order valence-electron chi connectivity index (χ4n) is 2.88. The third kappa shape index (κ3) is 6.04. The standard InChI is InChI=1S/C23H23ClN2O4S2/c1-3-30-20-14-13-17(24)15-22(20)32(28,29)26(2)16-23(27)25-19-11-7-8-12-21(19)31-18-9-5-4-6-10-18/h4-15H,3,16H2,1-2H3,(H,25,27). The Kier molecular flexibility index (Phi) is 8.20. The van der Waals surface area contributed by atoms with Crippen LogP contribution < -0.4 is 10.1 Å². The predicted molar refractivity (Wildman–Crippen MR) is 128 cm³/mol. The summed E-state index contributed by atoms with van der Waals surface area (Å²) in [5.41, 5.74) is 0.606. The Hall–Kier alpha value is -2.52. The van der Waals surface area contributed by atoms with Gasteiger partial charge < -0.3 is 10.1 Å². The fourth-order valence-corrected chi connectivity index (χ4v) is 5.32. The number of carbonyl (C=O) groups excluding carboxylic acids is 1. The zero-order valence-corrected chi connectivity index (χ0v) is 20.0. The van der Waals surface area contributed by atoms with Crippen LogP contribution in [0.1, 0.15) is 6.92 Å². The molecule has 1 N–H and O–H groups in total. The molecular formula is C23H23ClN2O4S2. The van der Waals surface area contributed by atoms with Crippen molar-refractivity contribution in [3.8, 4) is 5.75 Å². The van der Waals surface area contributed by atoms with Crippen LogP contribution in [0.4, 0.5) is 5.69 Å². The number of halogens is 1. The van der Waals surface area contributed by atoms with Gasteiger partial charge in [-0.25, -0.2) is 8.42 Å². The highest BCUT2D eigenvalue weighted by Gasteiger charge is 2.27. The number of nitrogens with one attached hydrogen (secondary N) is 1. The number of amides is 1. The summed E-state index contributed by atoms with van der Waals surface area (Å²) in [5.74, 6) is -0.272. The summed E-state index contributed by atoms with van der Waals surface area (Å²) in [6.45, 7) is 1.68. The average Bonchev–Trinajstić information content (AvgIpc) is 2.77. The topological polar surface area (TPSA) is 75.7 Å². The summed E-state index contributed by atoms with van der Waals surface area (Å²) in [6.07, 6.45) is 0. The van der Waals surface area contributed by atoms with Gasteiger partial charge in [0.25, 0.3) is 0 Å². The van der Waals surface area contributed by atoms with Gasteiger partial charge in [0.1, 0.15) is 10.6 Å². The number of para-hydroxylation sites is 1. The molecule has 32 heavy (non-hydrogen) atoms. The number of anilines is 1. The van der Waals surface area contributed by atoms with Crippen molar-refractivity contribution in [2.45, 2.75) is 21.6 Å². The SMILES string of the molecule is CCOc1ccc(Cl)cc1S(=O)(=O)N(C)CC(=O)Nc1ccccc1Sc1ccccc1. The van der Waals surface area contributed by atoms with Gasteiger partial charge in [-0.3, -0.25) is 4.79 Å².